The Morgan fingerprint density at radius 1 is 1.33 bits per heavy atom. The molecule has 0 aliphatic heterocycles. The molecule has 0 saturated heterocycles. The summed E-state index contributed by atoms with van der Waals surface area (Å²) in [5, 5.41) is 4.73. The van der Waals surface area contributed by atoms with Gasteiger partial charge in [0, 0.05) is 26.3 Å². The van der Waals surface area contributed by atoms with Crippen LogP contribution in [-0.4, -0.2) is 10.5 Å². The van der Waals surface area contributed by atoms with Crippen molar-refractivity contribution >= 4 is 39.0 Å². The number of hydrogen-bond donors (Lipinski definition) is 1. The van der Waals surface area contributed by atoms with Crippen LogP contribution in [0.1, 0.15) is 36.3 Å². The molecule has 0 radical (unpaired) electrons. The first kappa shape index (κ1) is 17.0. The van der Waals surface area contributed by atoms with Crippen molar-refractivity contribution in [3.05, 3.63) is 44.3 Å². The zero-order valence-electron chi connectivity index (χ0n) is 12.9. The summed E-state index contributed by atoms with van der Waals surface area (Å²) in [6.07, 6.45) is 0. The molecule has 1 aromatic carbocycles. The number of aromatic nitrogens is 1. The third-order valence-corrected chi connectivity index (χ3v) is 5.71. The third kappa shape index (κ3) is 5.74. The van der Waals surface area contributed by atoms with Crippen LogP contribution in [0.25, 0.3) is 0 Å². The molecule has 0 atom stereocenters. The van der Waals surface area contributed by atoms with E-state index in [2.05, 4.69) is 67.1 Å². The average molecular weight is 385 g/mol. The van der Waals surface area contributed by atoms with E-state index in [1.807, 2.05) is 29.2 Å². The Kier molecular flexibility index (Phi) is 5.88. The van der Waals surface area contributed by atoms with Crippen molar-refractivity contribution in [1.29, 1.82) is 0 Å². The van der Waals surface area contributed by atoms with Gasteiger partial charge >= 0.3 is 0 Å². The van der Waals surface area contributed by atoms with Gasteiger partial charge in [0.25, 0.3) is 0 Å². The monoisotopic (exact) mass is 384 g/mol. The minimum atomic E-state index is 0.141. The average Bonchev–Trinajstić information content (AvgIpc) is 2.74. The first-order chi connectivity index (χ1) is 9.83. The Hall–Kier alpha value is -0.360. The summed E-state index contributed by atoms with van der Waals surface area (Å²) in [4.78, 5) is 7.31. The molecule has 0 aliphatic carbocycles. The second kappa shape index (κ2) is 7.27. The Morgan fingerprint density at radius 3 is 2.76 bits per heavy atom. The van der Waals surface area contributed by atoms with Crippen LogP contribution in [0.15, 0.2) is 33.6 Å². The van der Waals surface area contributed by atoms with E-state index in [4.69, 9.17) is 4.98 Å². The number of thioether (sulfide) groups is 1. The van der Waals surface area contributed by atoms with Crippen molar-refractivity contribution < 1.29 is 0 Å². The fraction of sp³-hybridized carbons (Fsp3) is 0.438. The highest BCUT2D eigenvalue weighted by Gasteiger charge is 2.12. The molecule has 21 heavy (non-hydrogen) atoms. The smallest absolute Gasteiger partial charge is 0.103 e. The molecular formula is C16H21BrN2S2. The van der Waals surface area contributed by atoms with Gasteiger partial charge in [-0.15, -0.1) is 23.1 Å². The molecule has 0 fully saturated rings. The van der Waals surface area contributed by atoms with Gasteiger partial charge in [-0.2, -0.15) is 0 Å². The second-order valence-corrected chi connectivity index (χ2v) is 9.10. The molecule has 1 N–H and O–H groups in total. The Bertz CT molecular complexity index is 603. The van der Waals surface area contributed by atoms with Crippen molar-refractivity contribution in [2.75, 3.05) is 0 Å². The van der Waals surface area contributed by atoms with Crippen molar-refractivity contribution in [3.63, 3.8) is 0 Å². The van der Waals surface area contributed by atoms with E-state index in [0.29, 0.717) is 0 Å². The summed E-state index contributed by atoms with van der Waals surface area (Å²) in [6.45, 7) is 9.56. The highest BCUT2D eigenvalue weighted by molar-refractivity contribution is 9.10. The quantitative estimate of drug-likeness (QED) is 0.698. The molecular weight excluding hydrogens is 364 g/mol. The van der Waals surface area contributed by atoms with E-state index in [0.717, 1.165) is 22.5 Å². The molecule has 1 aromatic heterocycles. The molecule has 5 heteroatoms. The van der Waals surface area contributed by atoms with Gasteiger partial charge in [-0.05, 0) is 45.9 Å². The highest BCUT2D eigenvalue weighted by atomic mass is 79.9. The van der Waals surface area contributed by atoms with Gasteiger partial charge in [-0.3, -0.25) is 0 Å². The van der Waals surface area contributed by atoms with E-state index >= 15 is 0 Å². The molecule has 2 nitrogen and oxygen atoms in total. The summed E-state index contributed by atoms with van der Waals surface area (Å²) >= 11 is 7.16. The minimum Gasteiger partial charge on any atom is -0.307 e. The molecule has 114 valence electrons. The maximum absolute atomic E-state index is 4.69. The van der Waals surface area contributed by atoms with Crippen LogP contribution in [-0.2, 0) is 12.3 Å². The topological polar surface area (TPSA) is 24.9 Å². The summed E-state index contributed by atoms with van der Waals surface area (Å²) in [6, 6.07) is 8.40. The molecule has 2 rings (SSSR count). The highest BCUT2D eigenvalue weighted by Crippen LogP contribution is 2.28. The lowest BCUT2D eigenvalue weighted by molar-refractivity contribution is 0.425. The van der Waals surface area contributed by atoms with Crippen LogP contribution in [0.3, 0.4) is 0 Å². The zero-order chi connectivity index (χ0) is 15.5. The predicted octanol–water partition coefficient (Wildman–Crippen LogP) is 5.39. The molecule has 2 aromatic rings. The first-order valence-electron chi connectivity index (χ1n) is 6.92. The van der Waals surface area contributed by atoms with Crippen LogP contribution in [0.2, 0.25) is 0 Å². The van der Waals surface area contributed by atoms with E-state index < -0.39 is 0 Å². The SMILES string of the molecule is Cc1nc(CSc2cccc(Br)c2)sc1CNC(C)(C)C. The van der Waals surface area contributed by atoms with Crippen LogP contribution < -0.4 is 5.32 Å². The van der Waals surface area contributed by atoms with E-state index in [9.17, 15) is 0 Å². The number of halogens is 1. The number of benzene rings is 1. The van der Waals surface area contributed by atoms with Gasteiger partial charge in [0.1, 0.15) is 5.01 Å². The van der Waals surface area contributed by atoms with Gasteiger partial charge in [0.05, 0.1) is 11.4 Å². The Labute approximate surface area is 143 Å². The normalized spacial score (nSPS) is 11.9. The molecule has 0 saturated carbocycles. The van der Waals surface area contributed by atoms with Crippen LogP contribution in [0.4, 0.5) is 0 Å². The molecule has 0 spiro atoms. The van der Waals surface area contributed by atoms with Crippen LogP contribution in [0, 0.1) is 6.92 Å². The summed E-state index contributed by atoms with van der Waals surface area (Å²) in [5.41, 5.74) is 1.29. The summed E-state index contributed by atoms with van der Waals surface area (Å²) in [7, 11) is 0. The minimum absolute atomic E-state index is 0.141. The third-order valence-electron chi connectivity index (χ3n) is 2.87. The lowest BCUT2D eigenvalue weighted by Crippen LogP contribution is -2.34. The molecule has 1 heterocycles. The number of thiazole rings is 1. The fourth-order valence-corrected chi connectivity index (χ4v) is 4.27. The Morgan fingerprint density at radius 2 is 2.10 bits per heavy atom. The molecule has 0 unspecified atom stereocenters. The van der Waals surface area contributed by atoms with E-state index in [1.165, 1.54) is 14.8 Å². The van der Waals surface area contributed by atoms with Gasteiger partial charge < -0.3 is 5.32 Å². The zero-order valence-corrected chi connectivity index (χ0v) is 16.1. The van der Waals surface area contributed by atoms with Gasteiger partial charge in [-0.1, -0.05) is 22.0 Å². The molecule has 0 bridgehead atoms. The predicted molar refractivity (Wildman–Crippen MR) is 97.1 cm³/mol. The van der Waals surface area contributed by atoms with Crippen molar-refractivity contribution in [2.24, 2.45) is 0 Å². The van der Waals surface area contributed by atoms with E-state index in [1.54, 1.807) is 0 Å². The fourth-order valence-electron chi connectivity index (χ4n) is 1.76. The second-order valence-electron chi connectivity index (χ2n) is 5.97. The number of rotatable bonds is 5. The van der Waals surface area contributed by atoms with Gasteiger partial charge in [0.15, 0.2) is 0 Å². The van der Waals surface area contributed by atoms with Crippen molar-refractivity contribution in [2.45, 2.75) is 50.4 Å². The summed E-state index contributed by atoms with van der Waals surface area (Å²) < 4.78 is 1.12. The van der Waals surface area contributed by atoms with Crippen LogP contribution in [0.5, 0.6) is 0 Å². The largest absolute Gasteiger partial charge is 0.307 e. The van der Waals surface area contributed by atoms with Crippen LogP contribution >= 0.6 is 39.0 Å². The standard InChI is InChI=1S/C16H21BrN2S2/c1-11-14(9-18-16(2,3)4)21-15(19-11)10-20-13-7-5-6-12(17)8-13/h5-8,18H,9-10H2,1-4H3. The lowest BCUT2D eigenvalue weighted by atomic mass is 10.1. The van der Waals surface area contributed by atoms with E-state index in [-0.39, 0.29) is 5.54 Å². The molecule has 0 amide bonds. The number of hydrogen-bond acceptors (Lipinski definition) is 4. The maximum Gasteiger partial charge on any atom is 0.103 e. The first-order valence-corrected chi connectivity index (χ1v) is 9.51. The number of nitrogens with zero attached hydrogens (tertiary/aromatic N) is 1. The van der Waals surface area contributed by atoms with Gasteiger partial charge in [-0.25, -0.2) is 4.98 Å². The number of nitrogens with one attached hydrogen (secondary N) is 1. The van der Waals surface area contributed by atoms with Gasteiger partial charge in [0.2, 0.25) is 0 Å². The van der Waals surface area contributed by atoms with Crippen molar-refractivity contribution in [1.82, 2.24) is 10.3 Å². The van der Waals surface area contributed by atoms with Crippen molar-refractivity contribution in [3.8, 4) is 0 Å². The molecule has 0 aliphatic rings. The maximum atomic E-state index is 4.69. The lowest BCUT2D eigenvalue weighted by Gasteiger charge is -2.19. The Balaban J connectivity index is 1.95. The summed E-state index contributed by atoms with van der Waals surface area (Å²) in [5.74, 6) is 0.928. The number of aryl methyl sites for hydroxylation is 1.